The lowest BCUT2D eigenvalue weighted by Crippen LogP contribution is -2.82. The third kappa shape index (κ3) is 1.85. The number of hydrogen-bond donors (Lipinski definition) is 3. The Morgan fingerprint density at radius 1 is 1.38 bits per heavy atom. The molecule has 3 rings (SSSR count). The fraction of sp³-hybridized carbons (Fsp3) is 0.867. The van der Waals surface area contributed by atoms with Crippen LogP contribution in [0.5, 0.6) is 0 Å². The van der Waals surface area contributed by atoms with Crippen LogP contribution in [0.1, 0.15) is 39.5 Å². The Bertz CT molecular complexity index is 486. The number of ether oxygens (including phenoxy) is 1. The summed E-state index contributed by atoms with van der Waals surface area (Å²) in [5.74, 6) is -1.03. The highest BCUT2D eigenvalue weighted by atomic mass is 16.5. The van der Waals surface area contributed by atoms with Crippen LogP contribution in [0, 0.1) is 16.7 Å². The van der Waals surface area contributed by atoms with Crippen LogP contribution in [-0.4, -0.2) is 41.8 Å². The minimum absolute atomic E-state index is 0.0244. The molecule has 0 spiro atoms. The zero-order valence-corrected chi connectivity index (χ0v) is 12.6. The van der Waals surface area contributed by atoms with Crippen LogP contribution < -0.4 is 11.1 Å². The highest BCUT2D eigenvalue weighted by Gasteiger charge is 2.70. The maximum absolute atomic E-state index is 12.6. The van der Waals surface area contributed by atoms with Gasteiger partial charge in [-0.25, -0.2) is 0 Å². The molecule has 0 aromatic carbocycles. The monoisotopic (exact) mass is 296 g/mol. The minimum atomic E-state index is -0.966. The highest BCUT2D eigenvalue weighted by molar-refractivity contribution is 5.90. The van der Waals surface area contributed by atoms with Gasteiger partial charge in [0.05, 0.1) is 11.5 Å². The number of carboxylic acid groups (broad SMARTS) is 1. The maximum Gasteiger partial charge on any atom is 0.311 e. The van der Waals surface area contributed by atoms with Gasteiger partial charge in [-0.05, 0) is 25.7 Å². The van der Waals surface area contributed by atoms with E-state index in [2.05, 4.69) is 5.32 Å². The lowest BCUT2D eigenvalue weighted by atomic mass is 9.46. The first-order chi connectivity index (χ1) is 9.76. The van der Waals surface area contributed by atoms with Crippen LogP contribution in [0.25, 0.3) is 0 Å². The van der Waals surface area contributed by atoms with Crippen molar-refractivity contribution in [3.8, 4) is 0 Å². The van der Waals surface area contributed by atoms with Crippen molar-refractivity contribution in [3.63, 3.8) is 0 Å². The van der Waals surface area contributed by atoms with E-state index >= 15 is 0 Å². The summed E-state index contributed by atoms with van der Waals surface area (Å²) in [6.07, 6.45) is 3.08. The van der Waals surface area contributed by atoms with Crippen LogP contribution in [0.3, 0.4) is 0 Å². The Kier molecular flexibility index (Phi) is 3.12. The smallest absolute Gasteiger partial charge is 0.311 e. The summed E-state index contributed by atoms with van der Waals surface area (Å²) in [7, 11) is 0. The van der Waals surface area contributed by atoms with Crippen molar-refractivity contribution in [3.05, 3.63) is 0 Å². The minimum Gasteiger partial charge on any atom is -0.481 e. The summed E-state index contributed by atoms with van der Waals surface area (Å²) in [4.78, 5) is 23.8. The van der Waals surface area contributed by atoms with E-state index in [1.165, 1.54) is 0 Å². The van der Waals surface area contributed by atoms with E-state index in [1.54, 1.807) is 0 Å². The Balaban J connectivity index is 1.70. The molecule has 0 aromatic rings. The number of aliphatic carboxylic acids is 1. The summed E-state index contributed by atoms with van der Waals surface area (Å²) in [6.45, 7) is 4.82. The normalized spacial score (nSPS) is 38.8. The van der Waals surface area contributed by atoms with Gasteiger partial charge in [0.1, 0.15) is 5.54 Å². The zero-order valence-electron chi connectivity index (χ0n) is 12.6. The van der Waals surface area contributed by atoms with E-state index in [0.29, 0.717) is 12.8 Å². The predicted molar refractivity (Wildman–Crippen MR) is 75.5 cm³/mol. The fourth-order valence-electron chi connectivity index (χ4n) is 4.05. The first-order valence-corrected chi connectivity index (χ1v) is 7.68. The van der Waals surface area contributed by atoms with E-state index in [0.717, 1.165) is 19.4 Å². The molecule has 3 unspecified atom stereocenters. The van der Waals surface area contributed by atoms with Gasteiger partial charge in [-0.3, -0.25) is 9.59 Å². The lowest BCUT2D eigenvalue weighted by Gasteiger charge is -2.65. The molecule has 2 saturated carbocycles. The fourth-order valence-corrected chi connectivity index (χ4v) is 4.05. The molecule has 1 heterocycles. The van der Waals surface area contributed by atoms with Gasteiger partial charge >= 0.3 is 5.97 Å². The zero-order chi connectivity index (χ0) is 15.5. The molecule has 6 nitrogen and oxygen atoms in total. The van der Waals surface area contributed by atoms with Crippen molar-refractivity contribution < 1.29 is 19.4 Å². The number of fused-ring (bicyclic) bond motifs is 1. The van der Waals surface area contributed by atoms with Crippen molar-refractivity contribution in [2.75, 3.05) is 13.2 Å². The lowest BCUT2D eigenvalue weighted by molar-refractivity contribution is -0.225. The van der Waals surface area contributed by atoms with E-state index in [9.17, 15) is 14.7 Å². The van der Waals surface area contributed by atoms with Crippen molar-refractivity contribution in [2.24, 2.45) is 22.5 Å². The van der Waals surface area contributed by atoms with E-state index in [1.807, 2.05) is 13.8 Å². The average molecular weight is 296 g/mol. The molecule has 118 valence electrons. The van der Waals surface area contributed by atoms with Gasteiger partial charge in [0.25, 0.3) is 0 Å². The Morgan fingerprint density at radius 2 is 2.05 bits per heavy atom. The summed E-state index contributed by atoms with van der Waals surface area (Å²) in [6, 6.07) is 0. The van der Waals surface area contributed by atoms with Gasteiger partial charge in [-0.15, -0.1) is 0 Å². The van der Waals surface area contributed by atoms with Gasteiger partial charge in [-0.2, -0.15) is 0 Å². The second-order valence-electron chi connectivity index (χ2n) is 7.40. The van der Waals surface area contributed by atoms with Crippen molar-refractivity contribution in [2.45, 2.75) is 51.2 Å². The number of carbonyl (C=O) groups is 2. The number of nitrogens with one attached hydrogen (secondary N) is 1. The molecule has 0 aromatic heterocycles. The molecule has 1 aliphatic heterocycles. The van der Waals surface area contributed by atoms with Crippen molar-refractivity contribution in [1.29, 1.82) is 0 Å². The van der Waals surface area contributed by atoms with Crippen LogP contribution in [-0.2, 0) is 14.3 Å². The third-order valence-electron chi connectivity index (χ3n) is 5.95. The van der Waals surface area contributed by atoms with Crippen LogP contribution in [0.2, 0.25) is 0 Å². The first kappa shape index (κ1) is 14.8. The Labute approximate surface area is 124 Å². The number of carboxylic acids is 1. The molecule has 21 heavy (non-hydrogen) atoms. The van der Waals surface area contributed by atoms with Gasteiger partial charge < -0.3 is 20.9 Å². The summed E-state index contributed by atoms with van der Waals surface area (Å²) in [5, 5.41) is 12.0. The number of amides is 1. The van der Waals surface area contributed by atoms with Gasteiger partial charge in [0, 0.05) is 24.5 Å². The number of hydrogen-bond acceptors (Lipinski definition) is 4. The molecule has 1 saturated heterocycles. The van der Waals surface area contributed by atoms with Crippen LogP contribution in [0.4, 0.5) is 0 Å². The van der Waals surface area contributed by atoms with Crippen molar-refractivity contribution >= 4 is 11.9 Å². The molecule has 0 radical (unpaired) electrons. The molecule has 3 atom stereocenters. The second kappa shape index (κ2) is 4.43. The van der Waals surface area contributed by atoms with Crippen LogP contribution >= 0.6 is 0 Å². The predicted octanol–water partition coefficient (Wildman–Crippen LogP) is 0.500. The number of carbonyl (C=O) groups excluding carboxylic acids is 1. The second-order valence-corrected chi connectivity index (χ2v) is 7.40. The van der Waals surface area contributed by atoms with Gasteiger partial charge in [-0.1, -0.05) is 13.8 Å². The third-order valence-corrected chi connectivity index (χ3v) is 5.95. The van der Waals surface area contributed by atoms with E-state index in [-0.39, 0.29) is 24.5 Å². The average Bonchev–Trinajstić information content (AvgIpc) is 3.25. The molecule has 1 amide bonds. The molecule has 6 heteroatoms. The van der Waals surface area contributed by atoms with E-state index < -0.39 is 22.3 Å². The van der Waals surface area contributed by atoms with Gasteiger partial charge in [0.15, 0.2) is 0 Å². The number of rotatable bonds is 4. The largest absolute Gasteiger partial charge is 0.481 e. The number of nitrogens with two attached hydrogens (primary N) is 1. The Morgan fingerprint density at radius 3 is 2.62 bits per heavy atom. The van der Waals surface area contributed by atoms with Crippen LogP contribution in [0.15, 0.2) is 0 Å². The first-order valence-electron chi connectivity index (χ1n) is 7.68. The molecule has 3 aliphatic rings. The molecule has 3 fully saturated rings. The highest BCUT2D eigenvalue weighted by Crippen LogP contribution is 2.57. The van der Waals surface area contributed by atoms with Crippen molar-refractivity contribution in [1.82, 2.24) is 5.32 Å². The topological polar surface area (TPSA) is 102 Å². The molecular weight excluding hydrogens is 272 g/mol. The molecule has 4 N–H and O–H groups in total. The maximum atomic E-state index is 12.6. The standard InChI is InChI=1S/C15H24N2O4/c1-13(2)10-9(4-3-7-21-10)15(13,16)11(18)17-8-14(5-6-14)12(19)20/h9-10H,3-8,16H2,1-2H3,(H,17,18)(H,19,20). The summed E-state index contributed by atoms with van der Waals surface area (Å²) >= 11 is 0. The molecule has 2 aliphatic carbocycles. The van der Waals surface area contributed by atoms with Gasteiger partial charge in [0.2, 0.25) is 5.91 Å². The molecule has 0 bridgehead atoms. The van der Waals surface area contributed by atoms with E-state index in [4.69, 9.17) is 10.5 Å². The Hall–Kier alpha value is -1.14. The SMILES string of the molecule is CC1(C)C2OCCCC2C1(N)C(=O)NCC1(C(=O)O)CC1. The quantitative estimate of drug-likeness (QED) is 0.701. The summed E-state index contributed by atoms with van der Waals surface area (Å²) in [5.41, 5.74) is 4.31. The molecular formula is C15H24N2O4. The summed E-state index contributed by atoms with van der Waals surface area (Å²) < 4.78 is 5.78.